The van der Waals surface area contributed by atoms with Crippen molar-refractivity contribution in [3.8, 4) is 6.07 Å². The molecule has 1 rings (SSSR count). The number of nitrogens with zero attached hydrogens (tertiary/aromatic N) is 1. The second-order valence-electron chi connectivity index (χ2n) is 3.70. The lowest BCUT2D eigenvalue weighted by Gasteiger charge is -2.07. The predicted octanol–water partition coefficient (Wildman–Crippen LogP) is 0.642. The molecule has 6 nitrogen and oxygen atoms in total. The second-order valence-corrected chi connectivity index (χ2v) is 4.73. The Morgan fingerprint density at radius 2 is 2.05 bits per heavy atom. The van der Waals surface area contributed by atoms with Gasteiger partial charge in [-0.15, -0.1) is 11.8 Å². The summed E-state index contributed by atoms with van der Waals surface area (Å²) < 4.78 is 0. The van der Waals surface area contributed by atoms with Gasteiger partial charge in [-0.25, -0.2) is 0 Å². The fourth-order valence-corrected chi connectivity index (χ4v) is 1.95. The first kappa shape index (κ1) is 15.0. The number of hydrogen-bond donors (Lipinski definition) is 3. The Kier molecular flexibility index (Phi) is 5.85. The lowest BCUT2D eigenvalue weighted by molar-refractivity contribution is -0.137. The van der Waals surface area contributed by atoms with Crippen molar-refractivity contribution >= 4 is 29.3 Å². The van der Waals surface area contributed by atoms with Gasteiger partial charge < -0.3 is 16.2 Å². The number of carbonyl (C=O) groups excluding carboxylic acids is 1. The molecule has 0 bridgehead atoms. The molecule has 4 N–H and O–H groups in total. The maximum atomic E-state index is 11.5. The van der Waals surface area contributed by atoms with Gasteiger partial charge in [0.2, 0.25) is 5.91 Å². The molecule has 0 saturated heterocycles. The van der Waals surface area contributed by atoms with Gasteiger partial charge in [0, 0.05) is 11.4 Å². The van der Waals surface area contributed by atoms with Crippen LogP contribution in [0.5, 0.6) is 0 Å². The lowest BCUT2D eigenvalue weighted by Crippen LogP contribution is -2.33. The Morgan fingerprint density at radius 1 is 1.42 bits per heavy atom. The lowest BCUT2D eigenvalue weighted by atomic mass is 10.2. The van der Waals surface area contributed by atoms with Crippen LogP contribution in [-0.4, -0.2) is 34.5 Å². The molecule has 1 atom stereocenters. The Balaban J connectivity index is 2.35. The van der Waals surface area contributed by atoms with E-state index in [4.69, 9.17) is 16.1 Å². The van der Waals surface area contributed by atoms with Crippen LogP contribution in [0.25, 0.3) is 0 Å². The monoisotopic (exact) mass is 279 g/mol. The predicted molar refractivity (Wildman–Crippen MR) is 72.7 cm³/mol. The Labute approximate surface area is 114 Å². The van der Waals surface area contributed by atoms with Crippen molar-refractivity contribution in [2.24, 2.45) is 5.73 Å². The van der Waals surface area contributed by atoms with Gasteiger partial charge >= 0.3 is 5.97 Å². The van der Waals surface area contributed by atoms with E-state index in [2.05, 4.69) is 5.32 Å². The van der Waals surface area contributed by atoms with E-state index in [1.54, 1.807) is 24.3 Å². The van der Waals surface area contributed by atoms with Crippen molar-refractivity contribution in [3.05, 3.63) is 29.8 Å². The normalized spacial score (nSPS) is 11.4. The average molecular weight is 279 g/mol. The van der Waals surface area contributed by atoms with Crippen LogP contribution in [0.2, 0.25) is 0 Å². The zero-order valence-corrected chi connectivity index (χ0v) is 10.8. The topological polar surface area (TPSA) is 116 Å². The molecule has 0 aromatic heterocycles. The van der Waals surface area contributed by atoms with Gasteiger partial charge in [0.1, 0.15) is 6.04 Å². The van der Waals surface area contributed by atoms with E-state index in [1.165, 1.54) is 0 Å². The van der Waals surface area contributed by atoms with Crippen LogP contribution < -0.4 is 11.1 Å². The summed E-state index contributed by atoms with van der Waals surface area (Å²) >= 11 is 1.15. The van der Waals surface area contributed by atoms with Gasteiger partial charge in [0.25, 0.3) is 0 Å². The summed E-state index contributed by atoms with van der Waals surface area (Å²) in [4.78, 5) is 22.0. The van der Waals surface area contributed by atoms with E-state index in [0.717, 1.165) is 11.8 Å². The number of carbonyl (C=O) groups is 2. The van der Waals surface area contributed by atoms with Crippen molar-refractivity contribution in [2.75, 3.05) is 16.8 Å². The van der Waals surface area contributed by atoms with Crippen molar-refractivity contribution < 1.29 is 14.7 Å². The molecule has 0 aliphatic rings. The number of anilines is 1. The van der Waals surface area contributed by atoms with Crippen LogP contribution >= 0.6 is 11.8 Å². The standard InChI is InChI=1S/C12H13N3O3S/c13-5-8-1-3-9(4-2-8)15-11(16)7-19-6-10(14)12(17)18/h1-4,10H,6-7,14H2,(H,15,16)(H,17,18)/t10-/m0/s1. The minimum absolute atomic E-state index is 0.126. The molecular formula is C12H13N3O3S. The van der Waals surface area contributed by atoms with Gasteiger partial charge in [0.15, 0.2) is 0 Å². The van der Waals surface area contributed by atoms with Crippen LogP contribution in [0, 0.1) is 11.3 Å². The number of aliphatic carboxylic acids is 1. The number of hydrogen-bond acceptors (Lipinski definition) is 5. The molecule has 19 heavy (non-hydrogen) atoms. The van der Waals surface area contributed by atoms with Crippen LogP contribution in [0.3, 0.4) is 0 Å². The highest BCUT2D eigenvalue weighted by Gasteiger charge is 2.12. The van der Waals surface area contributed by atoms with Gasteiger partial charge in [-0.2, -0.15) is 5.26 Å². The minimum atomic E-state index is -1.08. The number of nitrogens with one attached hydrogen (secondary N) is 1. The molecular weight excluding hydrogens is 266 g/mol. The van der Waals surface area contributed by atoms with Crippen molar-refractivity contribution in [2.45, 2.75) is 6.04 Å². The number of carboxylic acids is 1. The van der Waals surface area contributed by atoms with Crippen LogP contribution in [0.1, 0.15) is 5.56 Å². The van der Waals surface area contributed by atoms with E-state index < -0.39 is 12.0 Å². The first-order valence-corrected chi connectivity index (χ1v) is 6.54. The number of nitriles is 1. The number of thioether (sulfide) groups is 1. The summed E-state index contributed by atoms with van der Waals surface area (Å²) in [7, 11) is 0. The third-order valence-electron chi connectivity index (χ3n) is 2.15. The SMILES string of the molecule is N#Cc1ccc(NC(=O)CSC[C@H](N)C(=O)O)cc1. The third-order valence-corrected chi connectivity index (χ3v) is 3.21. The van der Waals surface area contributed by atoms with Crippen molar-refractivity contribution in [1.29, 1.82) is 5.26 Å². The van der Waals surface area contributed by atoms with E-state index in [1.807, 2.05) is 6.07 Å². The summed E-state index contributed by atoms with van der Waals surface area (Å²) in [5.41, 5.74) is 6.41. The molecule has 0 unspecified atom stereocenters. The highest BCUT2D eigenvalue weighted by atomic mass is 32.2. The van der Waals surface area contributed by atoms with Gasteiger partial charge in [-0.05, 0) is 24.3 Å². The molecule has 0 saturated carbocycles. The Hall–Kier alpha value is -2.04. The van der Waals surface area contributed by atoms with E-state index in [-0.39, 0.29) is 17.4 Å². The molecule has 0 fully saturated rings. The van der Waals surface area contributed by atoms with Gasteiger partial charge in [-0.3, -0.25) is 9.59 Å². The average Bonchev–Trinajstić information content (AvgIpc) is 2.39. The van der Waals surface area contributed by atoms with E-state index in [9.17, 15) is 9.59 Å². The highest BCUT2D eigenvalue weighted by molar-refractivity contribution is 8.00. The molecule has 0 spiro atoms. The first-order valence-electron chi connectivity index (χ1n) is 5.39. The quantitative estimate of drug-likeness (QED) is 0.703. The molecule has 1 amide bonds. The maximum Gasteiger partial charge on any atom is 0.321 e. The molecule has 0 aliphatic heterocycles. The number of rotatable bonds is 6. The molecule has 100 valence electrons. The first-order chi connectivity index (χ1) is 9.02. The highest BCUT2D eigenvalue weighted by Crippen LogP contribution is 2.10. The summed E-state index contributed by atoms with van der Waals surface area (Å²) in [5, 5.41) is 19.8. The van der Waals surface area contributed by atoms with E-state index in [0.29, 0.717) is 11.3 Å². The fraction of sp³-hybridized carbons (Fsp3) is 0.250. The summed E-state index contributed by atoms with van der Waals surface area (Å²) in [6.07, 6.45) is 0. The summed E-state index contributed by atoms with van der Waals surface area (Å²) in [5.74, 6) is -1.02. The molecule has 1 aromatic rings. The second kappa shape index (κ2) is 7.41. The van der Waals surface area contributed by atoms with Crippen LogP contribution in [0.15, 0.2) is 24.3 Å². The van der Waals surface area contributed by atoms with Crippen molar-refractivity contribution in [1.82, 2.24) is 0 Å². The zero-order chi connectivity index (χ0) is 14.3. The third kappa shape index (κ3) is 5.42. The molecule has 1 aromatic carbocycles. The Morgan fingerprint density at radius 3 is 2.58 bits per heavy atom. The molecule has 0 radical (unpaired) electrons. The fourth-order valence-electron chi connectivity index (χ4n) is 1.18. The van der Waals surface area contributed by atoms with Crippen LogP contribution in [-0.2, 0) is 9.59 Å². The minimum Gasteiger partial charge on any atom is -0.480 e. The number of nitrogens with two attached hydrogens (primary N) is 1. The van der Waals surface area contributed by atoms with Gasteiger partial charge in [0.05, 0.1) is 17.4 Å². The zero-order valence-electron chi connectivity index (χ0n) is 10.00. The smallest absolute Gasteiger partial charge is 0.321 e. The summed E-state index contributed by atoms with van der Waals surface area (Å²) in [6.45, 7) is 0. The van der Waals surface area contributed by atoms with E-state index >= 15 is 0 Å². The largest absolute Gasteiger partial charge is 0.480 e. The summed E-state index contributed by atoms with van der Waals surface area (Å²) in [6, 6.07) is 7.47. The maximum absolute atomic E-state index is 11.5. The number of benzene rings is 1. The molecule has 0 heterocycles. The Bertz CT molecular complexity index is 496. The number of amides is 1. The molecule has 7 heteroatoms. The van der Waals surface area contributed by atoms with Crippen LogP contribution in [0.4, 0.5) is 5.69 Å². The van der Waals surface area contributed by atoms with Crippen molar-refractivity contribution in [3.63, 3.8) is 0 Å². The molecule has 0 aliphatic carbocycles. The number of carboxylic acid groups (broad SMARTS) is 1. The van der Waals surface area contributed by atoms with Gasteiger partial charge in [-0.1, -0.05) is 0 Å².